The molecule has 2 heterocycles. The lowest BCUT2D eigenvalue weighted by Gasteiger charge is -2.40. The van der Waals surface area contributed by atoms with E-state index in [9.17, 15) is 19.8 Å². The molecule has 2 N–H and O–H groups in total. The second-order valence-electron chi connectivity index (χ2n) is 7.70. The largest absolute Gasteiger partial charge is 0.478 e. The number of carboxylic acids is 2. The number of hydrogen-bond donors (Lipinski definition) is 2. The lowest BCUT2D eigenvalue weighted by atomic mass is 9.75. The lowest BCUT2D eigenvalue weighted by molar-refractivity contribution is -0.101. The van der Waals surface area contributed by atoms with Crippen LogP contribution in [0.1, 0.15) is 45.7 Å². The van der Waals surface area contributed by atoms with Gasteiger partial charge in [0.1, 0.15) is 0 Å². The van der Waals surface area contributed by atoms with Crippen LogP contribution in [0, 0.1) is 10.8 Å². The molecule has 0 atom stereocenters. The predicted octanol–water partition coefficient (Wildman–Crippen LogP) is 2.24. The summed E-state index contributed by atoms with van der Waals surface area (Å²) in [5, 5.41) is 19.3. The molecular formula is C18H22O6. The fraction of sp³-hybridized carbons (Fsp3) is 0.556. The van der Waals surface area contributed by atoms with Crippen LogP contribution >= 0.6 is 0 Å². The van der Waals surface area contributed by atoms with E-state index in [4.69, 9.17) is 9.47 Å². The summed E-state index contributed by atoms with van der Waals surface area (Å²) in [5.74, 6) is -2.17. The number of hydrogen-bond acceptors (Lipinski definition) is 4. The Kier molecular flexibility index (Phi) is 4.13. The summed E-state index contributed by atoms with van der Waals surface area (Å²) >= 11 is 0. The van der Waals surface area contributed by atoms with Crippen LogP contribution in [0.3, 0.4) is 0 Å². The molecular weight excluding hydrogens is 312 g/mol. The van der Waals surface area contributed by atoms with E-state index in [0.717, 1.165) is 0 Å². The molecule has 2 fully saturated rings. The van der Waals surface area contributed by atoms with Crippen LogP contribution in [0.4, 0.5) is 0 Å². The van der Waals surface area contributed by atoms with Gasteiger partial charge in [-0.05, 0) is 30.0 Å². The van der Waals surface area contributed by atoms with Crippen LogP contribution < -0.4 is 0 Å². The maximum Gasteiger partial charge on any atom is 0.336 e. The van der Waals surface area contributed by atoms with Gasteiger partial charge in [0.2, 0.25) is 0 Å². The number of carbonyl (C=O) groups is 2. The van der Waals surface area contributed by atoms with Crippen molar-refractivity contribution >= 4 is 11.9 Å². The topological polar surface area (TPSA) is 93.1 Å². The SMILES string of the molecule is CC1(Cc2ccc(C(=O)O)c(CC3(C)COC3)c2C(=O)O)COC1. The Balaban J connectivity index is 2.06. The highest BCUT2D eigenvalue weighted by molar-refractivity contribution is 5.97. The fourth-order valence-electron chi connectivity index (χ4n) is 3.49. The van der Waals surface area contributed by atoms with Crippen molar-refractivity contribution in [3.05, 3.63) is 34.4 Å². The molecule has 130 valence electrons. The zero-order valence-corrected chi connectivity index (χ0v) is 13.9. The van der Waals surface area contributed by atoms with Crippen LogP contribution in [0.15, 0.2) is 12.1 Å². The Morgan fingerprint density at radius 2 is 1.50 bits per heavy atom. The molecule has 24 heavy (non-hydrogen) atoms. The zero-order valence-electron chi connectivity index (χ0n) is 13.9. The Bertz CT molecular complexity index is 685. The molecule has 0 aromatic heterocycles. The van der Waals surface area contributed by atoms with E-state index in [2.05, 4.69) is 0 Å². The van der Waals surface area contributed by atoms with E-state index in [-0.39, 0.29) is 22.0 Å². The second-order valence-corrected chi connectivity index (χ2v) is 7.70. The van der Waals surface area contributed by atoms with Crippen molar-refractivity contribution in [3.8, 4) is 0 Å². The highest BCUT2D eigenvalue weighted by atomic mass is 16.5. The molecule has 3 rings (SSSR count). The summed E-state index contributed by atoms with van der Waals surface area (Å²) in [7, 11) is 0. The molecule has 1 aromatic rings. The molecule has 0 saturated carbocycles. The van der Waals surface area contributed by atoms with Crippen LogP contribution in [0.25, 0.3) is 0 Å². The molecule has 6 nitrogen and oxygen atoms in total. The molecule has 0 radical (unpaired) electrons. The van der Waals surface area contributed by atoms with Crippen LogP contribution in [-0.2, 0) is 22.3 Å². The molecule has 6 heteroatoms. The summed E-state index contributed by atoms with van der Waals surface area (Å²) in [6.07, 6.45) is 0.950. The molecule has 1 aromatic carbocycles. The normalized spacial score (nSPS) is 20.8. The fourth-order valence-corrected chi connectivity index (χ4v) is 3.49. The van der Waals surface area contributed by atoms with Gasteiger partial charge in [-0.1, -0.05) is 19.9 Å². The molecule has 2 saturated heterocycles. The molecule has 0 amide bonds. The van der Waals surface area contributed by atoms with E-state index < -0.39 is 11.9 Å². The third kappa shape index (κ3) is 3.03. The summed E-state index contributed by atoms with van der Waals surface area (Å²) in [6, 6.07) is 3.17. The predicted molar refractivity (Wildman–Crippen MR) is 85.6 cm³/mol. The van der Waals surface area contributed by atoms with Crippen molar-refractivity contribution in [2.45, 2.75) is 26.7 Å². The van der Waals surface area contributed by atoms with E-state index in [1.54, 1.807) is 6.07 Å². The smallest absolute Gasteiger partial charge is 0.336 e. The minimum Gasteiger partial charge on any atom is -0.478 e. The number of carboxylic acid groups (broad SMARTS) is 2. The number of benzene rings is 1. The van der Waals surface area contributed by atoms with Gasteiger partial charge >= 0.3 is 11.9 Å². The van der Waals surface area contributed by atoms with E-state index in [0.29, 0.717) is 50.4 Å². The number of aromatic carboxylic acids is 2. The van der Waals surface area contributed by atoms with Gasteiger partial charge in [-0.3, -0.25) is 0 Å². The standard InChI is InChI=1S/C18H22O6/c1-17(7-23-8-17)5-11-3-4-12(15(19)20)13(14(11)16(21)22)6-18(2)9-24-10-18/h3-4H,5-10H2,1-2H3,(H,19,20)(H,21,22). The average Bonchev–Trinajstić information content (AvgIpc) is 2.43. The van der Waals surface area contributed by atoms with Crippen molar-refractivity contribution in [1.29, 1.82) is 0 Å². The van der Waals surface area contributed by atoms with Crippen molar-refractivity contribution < 1.29 is 29.3 Å². The quantitative estimate of drug-likeness (QED) is 0.829. The minimum atomic E-state index is -1.10. The third-order valence-electron chi connectivity index (χ3n) is 4.87. The highest BCUT2D eigenvalue weighted by Gasteiger charge is 2.39. The van der Waals surface area contributed by atoms with E-state index in [1.165, 1.54) is 6.07 Å². The molecule has 0 spiro atoms. The number of ether oxygens (including phenoxy) is 2. The summed E-state index contributed by atoms with van der Waals surface area (Å²) in [6.45, 7) is 6.25. The van der Waals surface area contributed by atoms with Crippen LogP contribution in [0.2, 0.25) is 0 Å². The minimum absolute atomic E-state index is 0.0688. The van der Waals surface area contributed by atoms with Gasteiger partial charge in [-0.25, -0.2) is 9.59 Å². The Morgan fingerprint density at radius 1 is 0.958 bits per heavy atom. The van der Waals surface area contributed by atoms with Crippen molar-refractivity contribution in [2.75, 3.05) is 26.4 Å². The maximum atomic E-state index is 11.9. The Labute approximate surface area is 140 Å². The van der Waals surface area contributed by atoms with Crippen molar-refractivity contribution in [3.63, 3.8) is 0 Å². The van der Waals surface area contributed by atoms with Gasteiger partial charge in [-0.15, -0.1) is 0 Å². The van der Waals surface area contributed by atoms with E-state index >= 15 is 0 Å². The molecule has 0 bridgehead atoms. The summed E-state index contributed by atoms with van der Waals surface area (Å²) in [4.78, 5) is 23.6. The first kappa shape index (κ1) is 16.9. The Hall–Kier alpha value is -1.92. The van der Waals surface area contributed by atoms with Gasteiger partial charge in [-0.2, -0.15) is 0 Å². The third-order valence-corrected chi connectivity index (χ3v) is 4.87. The van der Waals surface area contributed by atoms with Gasteiger partial charge in [0, 0.05) is 10.8 Å². The first-order valence-corrected chi connectivity index (χ1v) is 8.00. The number of rotatable bonds is 6. The van der Waals surface area contributed by atoms with Crippen molar-refractivity contribution in [1.82, 2.24) is 0 Å². The molecule has 2 aliphatic heterocycles. The highest BCUT2D eigenvalue weighted by Crippen LogP contribution is 2.37. The van der Waals surface area contributed by atoms with Crippen LogP contribution in [0.5, 0.6) is 0 Å². The monoisotopic (exact) mass is 334 g/mol. The van der Waals surface area contributed by atoms with Gasteiger partial charge in [0.25, 0.3) is 0 Å². The average molecular weight is 334 g/mol. The van der Waals surface area contributed by atoms with Crippen LogP contribution in [-0.4, -0.2) is 48.6 Å². The first-order valence-electron chi connectivity index (χ1n) is 8.00. The van der Waals surface area contributed by atoms with Gasteiger partial charge < -0.3 is 19.7 Å². The van der Waals surface area contributed by atoms with Gasteiger partial charge in [0.05, 0.1) is 37.6 Å². The first-order chi connectivity index (χ1) is 11.2. The summed E-state index contributed by atoms with van der Waals surface area (Å²) < 4.78 is 10.5. The maximum absolute atomic E-state index is 11.9. The zero-order chi connectivity index (χ0) is 17.5. The van der Waals surface area contributed by atoms with Crippen molar-refractivity contribution in [2.24, 2.45) is 10.8 Å². The van der Waals surface area contributed by atoms with E-state index in [1.807, 2.05) is 13.8 Å². The lowest BCUT2D eigenvalue weighted by Crippen LogP contribution is -2.43. The second kappa shape index (κ2) is 5.86. The molecule has 2 aliphatic rings. The molecule has 0 aliphatic carbocycles. The summed E-state index contributed by atoms with van der Waals surface area (Å²) in [5.41, 5.74) is 0.987. The Morgan fingerprint density at radius 3 is 1.92 bits per heavy atom. The molecule has 0 unspecified atom stereocenters. The van der Waals surface area contributed by atoms with Gasteiger partial charge in [0.15, 0.2) is 0 Å².